The topological polar surface area (TPSA) is 102 Å². The first-order chi connectivity index (χ1) is 20.3. The van der Waals surface area contributed by atoms with Gasteiger partial charge >= 0.3 is 12.0 Å². The summed E-state index contributed by atoms with van der Waals surface area (Å²) in [7, 11) is 0. The number of fused-ring (bicyclic) bond motifs is 1. The third-order valence-electron chi connectivity index (χ3n) is 7.46. The zero-order valence-corrected chi connectivity index (χ0v) is 24.6. The number of hydrogen-bond donors (Lipinski definition) is 1. The highest BCUT2D eigenvalue weighted by Gasteiger charge is 2.50. The molecule has 0 saturated carbocycles. The highest BCUT2D eigenvalue weighted by Crippen LogP contribution is 2.29. The minimum absolute atomic E-state index is 0.0661. The lowest BCUT2D eigenvalue weighted by molar-refractivity contribution is -0.189. The summed E-state index contributed by atoms with van der Waals surface area (Å²) in [6.45, 7) is 10.5. The Morgan fingerprint density at radius 3 is 2.62 bits per heavy atom. The predicted molar refractivity (Wildman–Crippen MR) is 160 cm³/mol. The van der Waals surface area contributed by atoms with Crippen molar-refractivity contribution in [2.75, 3.05) is 32.8 Å². The first-order valence-corrected chi connectivity index (χ1v) is 14.7. The van der Waals surface area contributed by atoms with E-state index in [9.17, 15) is 19.2 Å². The Morgan fingerprint density at radius 1 is 1.17 bits per heavy atom. The van der Waals surface area contributed by atoms with Crippen molar-refractivity contribution in [3.8, 4) is 12.3 Å². The van der Waals surface area contributed by atoms with Crippen LogP contribution in [0.25, 0.3) is 0 Å². The minimum atomic E-state index is -0.781. The van der Waals surface area contributed by atoms with Gasteiger partial charge in [0.05, 0.1) is 19.6 Å². The van der Waals surface area contributed by atoms with Gasteiger partial charge in [0, 0.05) is 18.7 Å². The smallest absolute Gasteiger partial charge is 0.334 e. The van der Waals surface area contributed by atoms with Gasteiger partial charge in [-0.3, -0.25) is 9.59 Å². The number of nitrogens with one attached hydrogen (secondary N) is 1. The van der Waals surface area contributed by atoms with Crippen LogP contribution in [0.3, 0.4) is 0 Å². The van der Waals surface area contributed by atoms with Crippen LogP contribution in [-0.2, 0) is 25.7 Å². The van der Waals surface area contributed by atoms with E-state index in [4.69, 9.17) is 11.2 Å². The number of ether oxygens (including phenoxy) is 1. The molecule has 10 nitrogen and oxygen atoms in total. The third-order valence-corrected chi connectivity index (χ3v) is 7.46. The quantitative estimate of drug-likeness (QED) is 0.113. The number of hydrogen-bond acceptors (Lipinski definition) is 6. The molecule has 3 rings (SSSR count). The molecule has 2 aliphatic rings. The van der Waals surface area contributed by atoms with E-state index >= 15 is 0 Å². The highest BCUT2D eigenvalue weighted by molar-refractivity contribution is 5.91. The number of carbonyl (C=O) groups is 4. The van der Waals surface area contributed by atoms with Gasteiger partial charge in [0.1, 0.15) is 18.8 Å². The maximum Gasteiger partial charge on any atom is 0.334 e. The number of nitrogens with zero attached hydrogens (tertiary/aromatic N) is 4. The van der Waals surface area contributed by atoms with E-state index in [2.05, 4.69) is 31.3 Å². The van der Waals surface area contributed by atoms with Crippen molar-refractivity contribution in [2.24, 2.45) is 0 Å². The standard InChI is InChI=1S/C32H43N5O5/c1-5-8-9-13-20-34-23-28-36(27(30(34)39)18-14-15-25(4)31(40)42-21-7-3)29(38)24-35(19-6-2)37(28)32(41)33-22-26-16-11-10-12-17-26/h2,7,10-12,16-17,27-28H,3-5,8-9,13-15,18-24H2,1H3,(H,33,41)/t27-,28-/m0/s1. The molecule has 0 unspecified atom stereocenters. The lowest BCUT2D eigenvalue weighted by Crippen LogP contribution is -2.76. The fraction of sp³-hybridized carbons (Fsp3) is 0.500. The van der Waals surface area contributed by atoms with Crippen LogP contribution in [0.15, 0.2) is 55.1 Å². The van der Waals surface area contributed by atoms with Crippen LogP contribution < -0.4 is 5.32 Å². The molecule has 0 radical (unpaired) electrons. The molecule has 1 aromatic rings. The molecular formula is C32H43N5O5. The first kappa shape index (κ1) is 32.4. The van der Waals surface area contributed by atoms with Gasteiger partial charge in [-0.05, 0) is 31.2 Å². The van der Waals surface area contributed by atoms with Crippen LogP contribution >= 0.6 is 0 Å². The summed E-state index contributed by atoms with van der Waals surface area (Å²) in [5.74, 6) is 1.63. The Morgan fingerprint density at radius 2 is 1.93 bits per heavy atom. The highest BCUT2D eigenvalue weighted by atomic mass is 16.5. The van der Waals surface area contributed by atoms with Crippen molar-refractivity contribution >= 4 is 23.8 Å². The molecule has 2 aliphatic heterocycles. The summed E-state index contributed by atoms with van der Waals surface area (Å²) in [6, 6.07) is 8.36. The van der Waals surface area contributed by atoms with Gasteiger partial charge in [-0.25, -0.2) is 14.6 Å². The molecule has 2 fully saturated rings. The van der Waals surface area contributed by atoms with Gasteiger partial charge in [-0.1, -0.05) is 81.7 Å². The maximum absolute atomic E-state index is 13.8. The zero-order valence-electron chi connectivity index (χ0n) is 24.6. The number of esters is 1. The Balaban J connectivity index is 1.83. The summed E-state index contributed by atoms with van der Waals surface area (Å²) in [6.07, 6.45) is 11.4. The molecule has 2 atom stereocenters. The summed E-state index contributed by atoms with van der Waals surface area (Å²) in [4.78, 5) is 56.4. The van der Waals surface area contributed by atoms with E-state index in [1.165, 1.54) is 11.1 Å². The normalized spacial score (nSPS) is 18.7. The van der Waals surface area contributed by atoms with Gasteiger partial charge in [-0.2, -0.15) is 5.01 Å². The molecule has 10 heteroatoms. The van der Waals surface area contributed by atoms with E-state index < -0.39 is 24.2 Å². The zero-order chi connectivity index (χ0) is 30.5. The number of amides is 4. The summed E-state index contributed by atoms with van der Waals surface area (Å²) >= 11 is 0. The lowest BCUT2D eigenvalue weighted by Gasteiger charge is -2.55. The van der Waals surface area contributed by atoms with Gasteiger partial charge in [0.2, 0.25) is 11.8 Å². The van der Waals surface area contributed by atoms with Crippen molar-refractivity contribution in [3.05, 3.63) is 60.7 Å². The molecule has 0 aromatic heterocycles. The van der Waals surface area contributed by atoms with E-state index in [-0.39, 0.29) is 38.1 Å². The average Bonchev–Trinajstić information content (AvgIpc) is 2.99. The predicted octanol–water partition coefficient (Wildman–Crippen LogP) is 3.46. The number of benzene rings is 1. The summed E-state index contributed by atoms with van der Waals surface area (Å²) in [5, 5.41) is 6.04. The molecule has 0 bridgehead atoms. The number of unbranched alkanes of at least 4 members (excludes halogenated alkanes) is 3. The van der Waals surface area contributed by atoms with Gasteiger partial charge in [0.25, 0.3) is 0 Å². The lowest BCUT2D eigenvalue weighted by atomic mass is 9.99. The molecule has 2 heterocycles. The van der Waals surface area contributed by atoms with Crippen LogP contribution in [-0.4, -0.2) is 88.6 Å². The van der Waals surface area contributed by atoms with Crippen LogP contribution in [0, 0.1) is 12.3 Å². The first-order valence-electron chi connectivity index (χ1n) is 14.7. The molecular weight excluding hydrogens is 534 g/mol. The van der Waals surface area contributed by atoms with Gasteiger partial charge < -0.3 is 19.9 Å². The molecule has 0 spiro atoms. The second-order valence-electron chi connectivity index (χ2n) is 10.5. The number of rotatable bonds is 15. The summed E-state index contributed by atoms with van der Waals surface area (Å²) in [5.41, 5.74) is 1.22. The van der Waals surface area contributed by atoms with Gasteiger partial charge in [-0.15, -0.1) is 6.42 Å². The largest absolute Gasteiger partial charge is 0.458 e. The fourth-order valence-electron chi connectivity index (χ4n) is 5.35. The minimum Gasteiger partial charge on any atom is -0.458 e. The van der Waals surface area contributed by atoms with Crippen molar-refractivity contribution < 1.29 is 23.9 Å². The molecule has 4 amide bonds. The number of carbonyl (C=O) groups excluding carboxylic acids is 4. The Bertz CT molecular complexity index is 1160. The molecule has 1 aromatic carbocycles. The van der Waals surface area contributed by atoms with Crippen molar-refractivity contribution in [3.63, 3.8) is 0 Å². The Kier molecular flexibility index (Phi) is 12.6. The van der Waals surface area contributed by atoms with Gasteiger partial charge in [0.15, 0.2) is 0 Å². The Labute approximate surface area is 249 Å². The third kappa shape index (κ3) is 8.46. The van der Waals surface area contributed by atoms with Crippen LogP contribution in [0.2, 0.25) is 0 Å². The maximum atomic E-state index is 13.8. The van der Waals surface area contributed by atoms with E-state index in [1.54, 1.807) is 14.8 Å². The number of urea groups is 1. The monoisotopic (exact) mass is 577 g/mol. The van der Waals surface area contributed by atoms with Crippen molar-refractivity contribution in [1.82, 2.24) is 25.1 Å². The van der Waals surface area contributed by atoms with Crippen molar-refractivity contribution in [1.29, 1.82) is 0 Å². The summed E-state index contributed by atoms with van der Waals surface area (Å²) < 4.78 is 5.06. The second kappa shape index (κ2) is 16.4. The van der Waals surface area contributed by atoms with E-state index in [0.29, 0.717) is 37.9 Å². The van der Waals surface area contributed by atoms with E-state index in [1.807, 2.05) is 30.3 Å². The fourth-order valence-corrected chi connectivity index (χ4v) is 5.35. The number of piperazine rings is 1. The molecule has 226 valence electrons. The van der Waals surface area contributed by atoms with Crippen LogP contribution in [0.4, 0.5) is 4.79 Å². The average molecular weight is 578 g/mol. The van der Waals surface area contributed by atoms with Crippen LogP contribution in [0.1, 0.15) is 57.4 Å². The second-order valence-corrected chi connectivity index (χ2v) is 10.5. The molecule has 2 saturated heterocycles. The SMILES string of the molecule is C#CCN1CC(=O)N2[C@@H](CCCC(=C)C(=O)OCC=C)C(=O)N(CCCCCC)C[C@@H]2N1C(=O)NCc1ccccc1. The molecule has 0 aliphatic carbocycles. The van der Waals surface area contributed by atoms with E-state index in [0.717, 1.165) is 31.2 Å². The molecule has 1 N–H and O–H groups in total. The Hall–Kier alpha value is -4.10. The molecule has 42 heavy (non-hydrogen) atoms. The van der Waals surface area contributed by atoms with Crippen LogP contribution in [0.5, 0.6) is 0 Å². The number of terminal acetylenes is 1. The number of hydrazine groups is 1. The van der Waals surface area contributed by atoms with Crippen molar-refractivity contribution in [2.45, 2.75) is 70.6 Å².